The largest absolute Gasteiger partial charge is 0.435 e. The lowest BCUT2D eigenvalue weighted by Crippen LogP contribution is -2.70. The lowest BCUT2D eigenvalue weighted by Gasteiger charge is -2.59. The van der Waals surface area contributed by atoms with Gasteiger partial charge in [0.15, 0.2) is 23.8 Å². The van der Waals surface area contributed by atoms with Crippen molar-refractivity contribution in [3.8, 4) is 0 Å². The Morgan fingerprint density at radius 3 is 1.36 bits per heavy atom. The smallest absolute Gasteiger partial charge is 0.308 e. The van der Waals surface area contributed by atoms with Crippen molar-refractivity contribution >= 4 is 23.5 Å². The van der Waals surface area contributed by atoms with Crippen molar-refractivity contribution in [3.63, 3.8) is 0 Å². The molecule has 8 aliphatic heterocycles. The maximum absolute atomic E-state index is 13.0. The number of hydrogen-bond donors (Lipinski definition) is 0. The Morgan fingerprint density at radius 2 is 0.945 bits per heavy atom. The number of hydrogen-bond acceptors (Lipinski definition) is 14. The van der Waals surface area contributed by atoms with Gasteiger partial charge < -0.3 is 28.4 Å². The van der Waals surface area contributed by atoms with Crippen LogP contribution in [-0.4, -0.2) is 71.4 Å². The second-order valence-corrected chi connectivity index (χ2v) is 18.5. The fourth-order valence-corrected chi connectivity index (χ4v) is 11.6. The minimum atomic E-state index is -0.927. The molecular weight excluding hydrogens is 716 g/mol. The van der Waals surface area contributed by atoms with Gasteiger partial charge in [0.1, 0.15) is 11.6 Å². The van der Waals surface area contributed by atoms with E-state index in [1.165, 1.54) is 0 Å². The Bertz CT molecular complexity index is 1400. The van der Waals surface area contributed by atoms with E-state index in [1.807, 2.05) is 27.7 Å². The van der Waals surface area contributed by atoms with E-state index in [4.69, 9.17) is 48.0 Å². The topological polar surface area (TPSA) is 161 Å². The highest BCUT2D eigenvalue weighted by Crippen LogP contribution is 2.62. The highest BCUT2D eigenvalue weighted by atomic mass is 17.3. The van der Waals surface area contributed by atoms with E-state index in [9.17, 15) is 19.2 Å². The van der Waals surface area contributed by atoms with Gasteiger partial charge in [-0.2, -0.15) is 0 Å². The molecule has 2 saturated carbocycles. The molecule has 14 nitrogen and oxygen atoms in total. The molecule has 10 fully saturated rings. The molecule has 0 unspecified atom stereocenters. The van der Waals surface area contributed by atoms with Gasteiger partial charge in [-0.1, -0.05) is 27.7 Å². The molecular formula is C41H60O14. The van der Waals surface area contributed by atoms with Crippen LogP contribution in [0.4, 0.5) is 0 Å². The maximum Gasteiger partial charge on any atom is 0.308 e. The van der Waals surface area contributed by atoms with Crippen molar-refractivity contribution in [2.75, 3.05) is 0 Å². The Kier molecular flexibility index (Phi) is 10.8. The predicted molar refractivity (Wildman–Crippen MR) is 188 cm³/mol. The summed E-state index contributed by atoms with van der Waals surface area (Å²) in [7, 11) is 0. The second-order valence-electron chi connectivity index (χ2n) is 18.5. The highest BCUT2D eigenvalue weighted by molar-refractivity contribution is 5.85. The quantitative estimate of drug-likeness (QED) is 0.159. The summed E-state index contributed by atoms with van der Waals surface area (Å²) >= 11 is 0. The van der Waals surface area contributed by atoms with Crippen LogP contribution in [0.15, 0.2) is 0 Å². The minimum Gasteiger partial charge on any atom is -0.435 e. The molecule has 4 bridgehead atoms. The summed E-state index contributed by atoms with van der Waals surface area (Å²) in [6, 6.07) is 0. The molecule has 2 spiro atoms. The van der Waals surface area contributed by atoms with Crippen molar-refractivity contribution < 1.29 is 67.1 Å². The number of carbonyl (C=O) groups is 4. The number of Topliss-reactive ketones (excluding diaryl/α,β-unsaturated/α-hetero) is 2. The molecule has 0 N–H and O–H groups in total. The summed E-state index contributed by atoms with van der Waals surface area (Å²) < 4.78 is 36.9. The van der Waals surface area contributed by atoms with Gasteiger partial charge >= 0.3 is 11.9 Å². The summed E-state index contributed by atoms with van der Waals surface area (Å²) in [6.07, 6.45) is 4.40. The zero-order valence-corrected chi connectivity index (χ0v) is 33.3. The zero-order chi connectivity index (χ0) is 38.9. The first-order chi connectivity index (χ1) is 26.2. The zero-order valence-electron chi connectivity index (χ0n) is 33.3. The summed E-state index contributed by atoms with van der Waals surface area (Å²) in [4.78, 5) is 75.3. The van der Waals surface area contributed by atoms with E-state index >= 15 is 0 Å². The van der Waals surface area contributed by atoms with Crippen LogP contribution in [0.1, 0.15) is 138 Å². The molecule has 14 heteroatoms. The van der Waals surface area contributed by atoms with Crippen LogP contribution in [0.5, 0.6) is 0 Å². The van der Waals surface area contributed by atoms with Gasteiger partial charge in [-0.05, 0) is 82.5 Å². The summed E-state index contributed by atoms with van der Waals surface area (Å²) in [6.45, 7) is 12.2. The van der Waals surface area contributed by atoms with Gasteiger partial charge in [0.2, 0.25) is 24.2 Å². The van der Waals surface area contributed by atoms with Gasteiger partial charge in [0.25, 0.3) is 0 Å². The third-order valence-corrected chi connectivity index (χ3v) is 14.8. The molecule has 0 amide bonds. The summed E-state index contributed by atoms with van der Waals surface area (Å²) in [5.41, 5.74) is -1.50. The average molecular weight is 777 g/mol. The van der Waals surface area contributed by atoms with E-state index in [1.54, 1.807) is 0 Å². The lowest BCUT2D eigenvalue weighted by molar-refractivity contribution is -0.576. The van der Waals surface area contributed by atoms with Crippen LogP contribution in [-0.2, 0) is 67.1 Å². The number of rotatable bonds is 12. The van der Waals surface area contributed by atoms with Crippen LogP contribution < -0.4 is 0 Å². The molecule has 55 heavy (non-hydrogen) atoms. The molecule has 2 aliphatic carbocycles. The van der Waals surface area contributed by atoms with E-state index in [2.05, 4.69) is 13.8 Å². The van der Waals surface area contributed by atoms with E-state index in [0.717, 1.165) is 38.5 Å². The Hall–Kier alpha value is -2.04. The highest BCUT2D eigenvalue weighted by Gasteiger charge is 2.71. The summed E-state index contributed by atoms with van der Waals surface area (Å²) in [5, 5.41) is 0. The standard InChI is InChI=1S/C41H60O14/c1-22-10-14-30-24(3)34(48-36-40(30)28(22)18-20-38(5,50-36)52-54-40)46-32(44)16-12-26(42)8-7-9-27(43)13-17-33(45)47-35-25(4)31-15-11-23(2)29-19-21-39(6)51-37(49-35)41(29,31)55-53-39/h22-25,28-31,34-37H,7-21H2,1-6H3/t22-,23-,24-,25-,28+,29+,30+,31+,34-,35-,36-,37-,38-,39+,40-,41-/m1/s1. The normalized spacial score (nSPS) is 48.1. The molecule has 0 aromatic carbocycles. The third-order valence-electron chi connectivity index (χ3n) is 14.8. The molecule has 308 valence electrons. The molecule has 10 aliphatic rings. The molecule has 16 atom stereocenters. The van der Waals surface area contributed by atoms with Crippen molar-refractivity contribution in [2.24, 2.45) is 47.3 Å². The first-order valence-corrected chi connectivity index (χ1v) is 21.0. The summed E-state index contributed by atoms with van der Waals surface area (Å²) in [5.74, 6) is -2.17. The SMILES string of the molecule is C[C@H]1[C@H](OC(=O)CCC(=O)CCCC(=O)CCC(=O)O[C@@H]2O[C@@H]3O[C@]4(C)CC[C@H]5[C@H](C)CC[C@@H]([C@H]2C)[C@@]35OO4)O[C@@H]2O[C@@]3(C)CC[C@H]4[C@H](C)CC[C@@H]1[C@@]24OO3. The van der Waals surface area contributed by atoms with E-state index < -0.39 is 59.9 Å². The predicted octanol–water partition coefficient (Wildman–Crippen LogP) is 6.36. The van der Waals surface area contributed by atoms with E-state index in [0.29, 0.717) is 31.1 Å². The van der Waals surface area contributed by atoms with Crippen LogP contribution in [0, 0.1) is 47.3 Å². The molecule has 0 radical (unpaired) electrons. The first kappa shape index (κ1) is 39.8. The average Bonchev–Trinajstić information content (AvgIpc) is 3.52. The van der Waals surface area contributed by atoms with Gasteiger partial charge in [0, 0.05) is 62.2 Å². The molecule has 8 saturated heterocycles. The van der Waals surface area contributed by atoms with Crippen molar-refractivity contribution in [2.45, 2.75) is 186 Å². The number of ketones is 2. The van der Waals surface area contributed by atoms with Crippen molar-refractivity contribution in [3.05, 3.63) is 0 Å². The fourth-order valence-electron chi connectivity index (χ4n) is 11.6. The molecule has 8 heterocycles. The van der Waals surface area contributed by atoms with Crippen LogP contribution in [0.25, 0.3) is 0 Å². The molecule has 0 aromatic heterocycles. The van der Waals surface area contributed by atoms with Crippen molar-refractivity contribution in [1.82, 2.24) is 0 Å². The second kappa shape index (κ2) is 15.0. The minimum absolute atomic E-state index is 0.00485. The molecule has 0 aromatic rings. The monoisotopic (exact) mass is 776 g/mol. The van der Waals surface area contributed by atoms with Crippen LogP contribution in [0.3, 0.4) is 0 Å². The third kappa shape index (κ3) is 7.02. The fraction of sp³-hybridized carbons (Fsp3) is 0.902. The van der Waals surface area contributed by atoms with Crippen LogP contribution >= 0.6 is 0 Å². The molecule has 10 rings (SSSR count). The lowest BCUT2D eigenvalue weighted by atomic mass is 9.58. The van der Waals surface area contributed by atoms with Gasteiger partial charge in [-0.15, -0.1) is 0 Å². The van der Waals surface area contributed by atoms with Crippen molar-refractivity contribution in [1.29, 1.82) is 0 Å². The Morgan fingerprint density at radius 1 is 0.527 bits per heavy atom. The van der Waals surface area contributed by atoms with Crippen LogP contribution in [0.2, 0.25) is 0 Å². The Balaban J connectivity index is 0.752. The number of carbonyl (C=O) groups excluding carboxylic acids is 4. The van der Waals surface area contributed by atoms with Gasteiger partial charge in [0.05, 0.1) is 12.8 Å². The number of esters is 2. The van der Waals surface area contributed by atoms with Gasteiger partial charge in [-0.3, -0.25) is 19.2 Å². The maximum atomic E-state index is 13.0. The first-order valence-electron chi connectivity index (χ1n) is 21.0. The van der Waals surface area contributed by atoms with Gasteiger partial charge in [-0.25, -0.2) is 19.6 Å². The Labute approximate surface area is 323 Å². The number of ether oxygens (including phenoxy) is 6. The van der Waals surface area contributed by atoms with E-state index in [-0.39, 0.29) is 85.6 Å². The number of fused-ring (bicyclic) bond motifs is 4.